The third-order valence-electron chi connectivity index (χ3n) is 1.30. The maximum absolute atomic E-state index is 11.0. The van der Waals surface area contributed by atoms with Crippen molar-refractivity contribution in [2.75, 3.05) is 13.1 Å². The van der Waals surface area contributed by atoms with E-state index in [4.69, 9.17) is 0 Å². The van der Waals surface area contributed by atoms with E-state index in [2.05, 4.69) is 10.6 Å². The molecular formula is C8H12N2O3. The summed E-state index contributed by atoms with van der Waals surface area (Å²) in [6.07, 6.45) is 2.92. The Bertz CT molecular complexity index is 182. The van der Waals surface area contributed by atoms with Crippen LogP contribution in [-0.2, 0) is 14.4 Å². The maximum atomic E-state index is 11.0. The molecule has 0 bridgehead atoms. The van der Waals surface area contributed by atoms with Crippen molar-refractivity contribution in [2.45, 2.75) is 19.4 Å². The van der Waals surface area contributed by atoms with E-state index in [0.29, 0.717) is 6.54 Å². The van der Waals surface area contributed by atoms with Crippen LogP contribution < -0.4 is 10.6 Å². The topological polar surface area (TPSA) is 75.3 Å². The number of carbonyl (C=O) groups excluding carboxylic acids is 3. The molecule has 0 saturated carbocycles. The molecule has 1 amide bonds. The first-order chi connectivity index (χ1) is 6.24. The van der Waals surface area contributed by atoms with Gasteiger partial charge in [0, 0.05) is 6.42 Å². The Balaban J connectivity index is 3.72. The van der Waals surface area contributed by atoms with Gasteiger partial charge in [0.1, 0.15) is 6.04 Å². The van der Waals surface area contributed by atoms with Gasteiger partial charge in [-0.1, -0.05) is 6.92 Å². The van der Waals surface area contributed by atoms with Crippen molar-refractivity contribution in [3.05, 3.63) is 0 Å². The zero-order valence-corrected chi connectivity index (χ0v) is 7.42. The highest BCUT2D eigenvalue weighted by atomic mass is 16.2. The maximum Gasteiger partial charge on any atom is 0.234 e. The minimum absolute atomic E-state index is 0.132. The van der Waals surface area contributed by atoms with Gasteiger partial charge in [0.2, 0.25) is 18.5 Å². The van der Waals surface area contributed by atoms with Crippen LogP contribution in [0.4, 0.5) is 0 Å². The van der Waals surface area contributed by atoms with E-state index in [9.17, 15) is 14.4 Å². The molecule has 0 fully saturated rings. The first-order valence-corrected chi connectivity index (χ1v) is 3.97. The summed E-state index contributed by atoms with van der Waals surface area (Å²) in [5.41, 5.74) is 0. The molecule has 2 radical (unpaired) electrons. The molecule has 5 heteroatoms. The largest absolute Gasteiger partial charge is 0.344 e. The average molecular weight is 184 g/mol. The average Bonchev–Trinajstić information content (AvgIpc) is 2.14. The third kappa shape index (κ3) is 5.98. The van der Waals surface area contributed by atoms with Crippen LogP contribution in [0.25, 0.3) is 0 Å². The second-order valence-corrected chi connectivity index (χ2v) is 2.37. The molecule has 0 aliphatic carbocycles. The van der Waals surface area contributed by atoms with Crippen molar-refractivity contribution < 1.29 is 14.4 Å². The van der Waals surface area contributed by atoms with Crippen LogP contribution in [0.2, 0.25) is 0 Å². The second kappa shape index (κ2) is 7.42. The summed E-state index contributed by atoms with van der Waals surface area (Å²) >= 11 is 0. The van der Waals surface area contributed by atoms with Gasteiger partial charge in [-0.3, -0.25) is 14.4 Å². The number of amides is 1. The highest BCUT2D eigenvalue weighted by Gasteiger charge is 2.10. The van der Waals surface area contributed by atoms with Crippen molar-refractivity contribution in [2.24, 2.45) is 0 Å². The molecule has 0 unspecified atom stereocenters. The Morgan fingerprint density at radius 1 is 1.46 bits per heavy atom. The van der Waals surface area contributed by atoms with E-state index < -0.39 is 6.04 Å². The van der Waals surface area contributed by atoms with Gasteiger partial charge in [-0.15, -0.1) is 0 Å². The zero-order valence-electron chi connectivity index (χ0n) is 7.42. The van der Waals surface area contributed by atoms with E-state index in [-0.39, 0.29) is 18.9 Å². The lowest BCUT2D eigenvalue weighted by molar-refractivity contribution is -0.120. The van der Waals surface area contributed by atoms with E-state index >= 15 is 0 Å². The van der Waals surface area contributed by atoms with Gasteiger partial charge in [0.05, 0.1) is 6.54 Å². The summed E-state index contributed by atoms with van der Waals surface area (Å²) < 4.78 is 0. The van der Waals surface area contributed by atoms with E-state index in [0.717, 1.165) is 0 Å². The third-order valence-corrected chi connectivity index (χ3v) is 1.30. The Morgan fingerprint density at radius 3 is 2.62 bits per heavy atom. The molecule has 5 nitrogen and oxygen atoms in total. The lowest BCUT2D eigenvalue weighted by Gasteiger charge is -2.08. The van der Waals surface area contributed by atoms with Crippen molar-refractivity contribution in [3.8, 4) is 0 Å². The van der Waals surface area contributed by atoms with Crippen LogP contribution in [0.15, 0.2) is 0 Å². The van der Waals surface area contributed by atoms with Crippen molar-refractivity contribution in [1.82, 2.24) is 10.6 Å². The van der Waals surface area contributed by atoms with Crippen LogP contribution in [-0.4, -0.2) is 37.6 Å². The van der Waals surface area contributed by atoms with Crippen LogP contribution in [0, 0.1) is 0 Å². The second-order valence-electron chi connectivity index (χ2n) is 2.37. The van der Waals surface area contributed by atoms with Gasteiger partial charge >= 0.3 is 0 Å². The highest BCUT2D eigenvalue weighted by molar-refractivity contribution is 5.82. The molecule has 0 aliphatic rings. The predicted molar refractivity (Wildman–Crippen MR) is 46.5 cm³/mol. The molecule has 2 N–H and O–H groups in total. The first kappa shape index (κ1) is 11.8. The van der Waals surface area contributed by atoms with Gasteiger partial charge in [-0.25, -0.2) is 0 Å². The lowest BCUT2D eigenvalue weighted by Crippen LogP contribution is -2.41. The molecule has 0 aliphatic heterocycles. The van der Waals surface area contributed by atoms with Crippen LogP contribution in [0.5, 0.6) is 0 Å². The number of rotatable bonds is 7. The molecular weight excluding hydrogens is 172 g/mol. The summed E-state index contributed by atoms with van der Waals surface area (Å²) in [6.45, 7) is 2.66. The molecule has 72 valence electrons. The van der Waals surface area contributed by atoms with Crippen LogP contribution in [0.1, 0.15) is 13.3 Å². The molecule has 0 saturated heterocycles. The van der Waals surface area contributed by atoms with Crippen LogP contribution >= 0.6 is 0 Å². The number of hydrogen-bond donors (Lipinski definition) is 2. The highest BCUT2D eigenvalue weighted by Crippen LogP contribution is 1.83. The fourth-order valence-electron chi connectivity index (χ4n) is 0.689. The Morgan fingerprint density at radius 2 is 2.15 bits per heavy atom. The summed E-state index contributed by atoms with van der Waals surface area (Å²) in [5, 5.41) is 5.09. The van der Waals surface area contributed by atoms with Gasteiger partial charge < -0.3 is 10.6 Å². The molecule has 0 aromatic rings. The van der Waals surface area contributed by atoms with E-state index in [1.165, 1.54) is 12.6 Å². The smallest absolute Gasteiger partial charge is 0.234 e. The summed E-state index contributed by atoms with van der Waals surface area (Å²) in [6, 6.07) is -0.872. The minimum Gasteiger partial charge on any atom is -0.344 e. The molecule has 0 aromatic carbocycles. The van der Waals surface area contributed by atoms with Crippen molar-refractivity contribution >= 4 is 18.5 Å². The predicted octanol–water partition coefficient (Wildman–Crippen LogP) is -1.31. The Kier molecular flexibility index (Phi) is 6.72. The van der Waals surface area contributed by atoms with E-state index in [1.807, 2.05) is 6.92 Å². The quantitative estimate of drug-likeness (QED) is 0.515. The normalized spacial score (nSPS) is 11.8. The Labute approximate surface area is 76.9 Å². The minimum atomic E-state index is -0.872. The summed E-state index contributed by atoms with van der Waals surface area (Å²) in [5.74, 6) is -0.328. The van der Waals surface area contributed by atoms with E-state index in [1.54, 1.807) is 0 Å². The van der Waals surface area contributed by atoms with Crippen molar-refractivity contribution in [3.63, 3.8) is 0 Å². The van der Waals surface area contributed by atoms with Gasteiger partial charge in [0.15, 0.2) is 0 Å². The van der Waals surface area contributed by atoms with Gasteiger partial charge in [-0.05, 0) is 6.54 Å². The molecule has 1 atom stereocenters. The molecule has 0 heterocycles. The number of carbonyl (C=O) groups is 1. The first-order valence-electron chi connectivity index (χ1n) is 3.97. The monoisotopic (exact) mass is 184 g/mol. The fourth-order valence-corrected chi connectivity index (χ4v) is 0.689. The zero-order chi connectivity index (χ0) is 10.1. The van der Waals surface area contributed by atoms with Crippen molar-refractivity contribution in [1.29, 1.82) is 0 Å². The summed E-state index contributed by atoms with van der Waals surface area (Å²) in [7, 11) is 0. The number of hydrogen-bond acceptors (Lipinski definition) is 4. The number of likely N-dealkylation sites (N-methyl/N-ethyl adjacent to an activating group) is 1. The standard InChI is InChI=1S/C8H12N2O3/c1-2-9-5-8(13)10-7(6-12)3-4-11/h7,9H,2-3,5H2,1H3,(H,10,13)/t7-/m0/s1. The fraction of sp³-hybridized carbons (Fsp3) is 0.625. The van der Waals surface area contributed by atoms with Gasteiger partial charge in [-0.2, -0.15) is 0 Å². The molecule has 0 aromatic heterocycles. The molecule has 13 heavy (non-hydrogen) atoms. The lowest BCUT2D eigenvalue weighted by atomic mass is 10.2. The molecule has 0 spiro atoms. The number of nitrogens with one attached hydrogen (secondary N) is 2. The Hall–Kier alpha value is -1.23. The SMILES string of the molecule is CCNCC(=O)N[C@H]([C]=O)C[C]=O. The van der Waals surface area contributed by atoms with Gasteiger partial charge in [0.25, 0.3) is 0 Å². The van der Waals surface area contributed by atoms with Crippen LogP contribution in [0.3, 0.4) is 0 Å². The summed E-state index contributed by atoms with van der Waals surface area (Å²) in [4.78, 5) is 31.0. The molecule has 0 rings (SSSR count).